The third-order valence-electron chi connectivity index (χ3n) is 3.40. The molecular weight excluding hydrogens is 249 g/mol. The van der Waals surface area contributed by atoms with Crippen LogP contribution in [0.3, 0.4) is 0 Å². The van der Waals surface area contributed by atoms with Crippen LogP contribution in [-0.4, -0.2) is 20.9 Å². The molecule has 0 aliphatic heterocycles. The Morgan fingerprint density at radius 2 is 1.94 bits per heavy atom. The van der Waals surface area contributed by atoms with E-state index in [2.05, 4.69) is 5.10 Å². The van der Waals surface area contributed by atoms with Crippen molar-refractivity contribution in [3.8, 4) is 0 Å². The van der Waals surface area contributed by atoms with Crippen molar-refractivity contribution >= 4 is 5.97 Å². The molecule has 1 N–H and O–H groups in total. The summed E-state index contributed by atoms with van der Waals surface area (Å²) in [5.41, 5.74) is -2.37. The largest absolute Gasteiger partial charge is 0.479 e. The Hall–Kier alpha value is -1.53. The molecule has 0 atom stereocenters. The van der Waals surface area contributed by atoms with Crippen LogP contribution >= 0.6 is 0 Å². The predicted molar refractivity (Wildman–Crippen MR) is 55.9 cm³/mol. The van der Waals surface area contributed by atoms with Crippen molar-refractivity contribution in [1.29, 1.82) is 0 Å². The second-order valence-corrected chi connectivity index (χ2v) is 4.54. The summed E-state index contributed by atoms with van der Waals surface area (Å²) in [6.07, 6.45) is -0.506. The van der Waals surface area contributed by atoms with Gasteiger partial charge in [0, 0.05) is 6.20 Å². The Morgan fingerprint density at radius 3 is 2.39 bits per heavy atom. The van der Waals surface area contributed by atoms with Crippen molar-refractivity contribution in [3.63, 3.8) is 0 Å². The SMILES string of the molecule is O=C(O)C1(n2ccc(C(F)(F)F)n2)CCCCC1. The summed E-state index contributed by atoms with van der Waals surface area (Å²) in [5.74, 6) is -1.11. The number of rotatable bonds is 2. The van der Waals surface area contributed by atoms with Crippen molar-refractivity contribution in [2.45, 2.75) is 43.8 Å². The van der Waals surface area contributed by atoms with Gasteiger partial charge in [0.2, 0.25) is 0 Å². The molecule has 1 aliphatic carbocycles. The van der Waals surface area contributed by atoms with Crippen LogP contribution in [0.4, 0.5) is 13.2 Å². The number of alkyl halides is 3. The normalized spacial score (nSPS) is 19.7. The summed E-state index contributed by atoms with van der Waals surface area (Å²) < 4.78 is 38.4. The fourth-order valence-electron chi connectivity index (χ4n) is 2.39. The molecule has 1 fully saturated rings. The number of carboxylic acids is 1. The zero-order chi connectivity index (χ0) is 13.4. The minimum absolute atomic E-state index is 0.321. The first-order chi connectivity index (χ1) is 8.36. The fraction of sp³-hybridized carbons (Fsp3) is 0.636. The van der Waals surface area contributed by atoms with Gasteiger partial charge in [-0.3, -0.25) is 4.68 Å². The molecule has 1 aliphatic rings. The van der Waals surface area contributed by atoms with Crippen molar-refractivity contribution in [2.24, 2.45) is 0 Å². The average Bonchev–Trinajstić information content (AvgIpc) is 2.79. The van der Waals surface area contributed by atoms with E-state index >= 15 is 0 Å². The highest BCUT2D eigenvalue weighted by molar-refractivity contribution is 5.76. The standard InChI is InChI=1S/C11H13F3N2O2/c12-11(13,14)8-4-7-16(15-8)10(9(17)18)5-2-1-3-6-10/h4,7H,1-3,5-6H2,(H,17,18). The summed E-state index contributed by atoms with van der Waals surface area (Å²) in [6.45, 7) is 0. The number of nitrogens with zero attached hydrogens (tertiary/aromatic N) is 2. The Bertz CT molecular complexity index is 447. The van der Waals surface area contributed by atoms with E-state index < -0.39 is 23.4 Å². The highest BCUT2D eigenvalue weighted by Gasteiger charge is 2.44. The van der Waals surface area contributed by atoms with Gasteiger partial charge in [0.05, 0.1) is 0 Å². The van der Waals surface area contributed by atoms with Crippen LogP contribution in [0.2, 0.25) is 0 Å². The van der Waals surface area contributed by atoms with E-state index in [1.807, 2.05) is 0 Å². The number of carboxylic acid groups (broad SMARTS) is 1. The minimum Gasteiger partial charge on any atom is -0.479 e. The van der Waals surface area contributed by atoms with Crippen LogP contribution in [0.15, 0.2) is 12.3 Å². The van der Waals surface area contributed by atoms with Crippen LogP contribution in [0.1, 0.15) is 37.8 Å². The van der Waals surface area contributed by atoms with Gasteiger partial charge in [-0.25, -0.2) is 4.79 Å². The van der Waals surface area contributed by atoms with E-state index in [0.717, 1.165) is 23.4 Å². The average molecular weight is 262 g/mol. The van der Waals surface area contributed by atoms with Gasteiger partial charge in [0.25, 0.3) is 0 Å². The van der Waals surface area contributed by atoms with Crippen LogP contribution in [0, 0.1) is 0 Å². The van der Waals surface area contributed by atoms with E-state index in [4.69, 9.17) is 0 Å². The van der Waals surface area contributed by atoms with Gasteiger partial charge in [-0.05, 0) is 18.9 Å². The van der Waals surface area contributed by atoms with E-state index in [1.165, 1.54) is 0 Å². The van der Waals surface area contributed by atoms with Gasteiger partial charge in [-0.2, -0.15) is 18.3 Å². The number of aromatic nitrogens is 2. The monoisotopic (exact) mass is 262 g/mol. The molecule has 0 saturated heterocycles. The molecule has 0 spiro atoms. The Kier molecular flexibility index (Phi) is 3.08. The molecule has 1 heterocycles. The predicted octanol–water partition coefficient (Wildman–Crippen LogP) is 2.65. The van der Waals surface area contributed by atoms with Gasteiger partial charge < -0.3 is 5.11 Å². The second-order valence-electron chi connectivity index (χ2n) is 4.54. The zero-order valence-corrected chi connectivity index (χ0v) is 9.57. The maximum absolute atomic E-state index is 12.5. The molecular formula is C11H13F3N2O2. The maximum atomic E-state index is 12.5. The van der Waals surface area contributed by atoms with Crippen LogP contribution in [0.25, 0.3) is 0 Å². The molecule has 1 saturated carbocycles. The first kappa shape index (κ1) is 12.9. The lowest BCUT2D eigenvalue weighted by atomic mass is 9.82. The molecule has 0 amide bonds. The van der Waals surface area contributed by atoms with Crippen molar-refractivity contribution in [1.82, 2.24) is 9.78 Å². The van der Waals surface area contributed by atoms with E-state index in [0.29, 0.717) is 25.7 Å². The molecule has 1 aromatic rings. The summed E-state index contributed by atoms with van der Waals surface area (Å²) in [6, 6.07) is 0.819. The van der Waals surface area contributed by atoms with Gasteiger partial charge in [0.15, 0.2) is 11.2 Å². The Balaban J connectivity index is 2.38. The van der Waals surface area contributed by atoms with Gasteiger partial charge >= 0.3 is 12.1 Å². The molecule has 18 heavy (non-hydrogen) atoms. The van der Waals surface area contributed by atoms with Gasteiger partial charge in [0.1, 0.15) is 0 Å². The molecule has 0 aromatic carbocycles. The third kappa shape index (κ3) is 2.09. The lowest BCUT2D eigenvalue weighted by Gasteiger charge is -2.33. The van der Waals surface area contributed by atoms with E-state index in [9.17, 15) is 23.1 Å². The van der Waals surface area contributed by atoms with Crippen molar-refractivity contribution in [2.75, 3.05) is 0 Å². The van der Waals surface area contributed by atoms with E-state index in [1.54, 1.807) is 0 Å². The van der Waals surface area contributed by atoms with Crippen LogP contribution in [-0.2, 0) is 16.5 Å². The lowest BCUT2D eigenvalue weighted by molar-refractivity contribution is -0.152. The van der Waals surface area contributed by atoms with Crippen LogP contribution < -0.4 is 0 Å². The molecule has 4 nitrogen and oxygen atoms in total. The Morgan fingerprint density at radius 1 is 1.33 bits per heavy atom. The minimum atomic E-state index is -4.54. The number of hydrogen-bond acceptors (Lipinski definition) is 2. The molecule has 1 aromatic heterocycles. The van der Waals surface area contributed by atoms with Crippen molar-refractivity contribution < 1.29 is 23.1 Å². The molecule has 0 bridgehead atoms. The first-order valence-corrected chi connectivity index (χ1v) is 5.73. The molecule has 0 unspecified atom stereocenters. The quantitative estimate of drug-likeness (QED) is 0.891. The van der Waals surface area contributed by atoms with Crippen molar-refractivity contribution in [3.05, 3.63) is 18.0 Å². The maximum Gasteiger partial charge on any atom is 0.435 e. The third-order valence-corrected chi connectivity index (χ3v) is 3.40. The second kappa shape index (κ2) is 4.29. The number of aliphatic carboxylic acids is 1. The van der Waals surface area contributed by atoms with Gasteiger partial charge in [-0.15, -0.1) is 0 Å². The summed E-state index contributed by atoms with van der Waals surface area (Å²) >= 11 is 0. The van der Waals surface area contributed by atoms with Crippen LogP contribution in [0.5, 0.6) is 0 Å². The smallest absolute Gasteiger partial charge is 0.435 e. The summed E-state index contributed by atoms with van der Waals surface area (Å²) in [7, 11) is 0. The first-order valence-electron chi connectivity index (χ1n) is 5.73. The lowest BCUT2D eigenvalue weighted by Crippen LogP contribution is -2.44. The highest BCUT2D eigenvalue weighted by Crippen LogP contribution is 2.36. The topological polar surface area (TPSA) is 55.1 Å². The number of carbonyl (C=O) groups is 1. The summed E-state index contributed by atoms with van der Waals surface area (Å²) in [4.78, 5) is 11.4. The molecule has 2 rings (SSSR count). The van der Waals surface area contributed by atoms with E-state index in [-0.39, 0.29) is 0 Å². The molecule has 0 radical (unpaired) electrons. The molecule has 100 valence electrons. The Labute approximate surface area is 101 Å². The number of halogens is 3. The van der Waals surface area contributed by atoms with Gasteiger partial charge in [-0.1, -0.05) is 19.3 Å². The fourth-order valence-corrected chi connectivity index (χ4v) is 2.39. The zero-order valence-electron chi connectivity index (χ0n) is 9.57. The summed E-state index contributed by atoms with van der Waals surface area (Å²) in [5, 5.41) is 12.7. The highest BCUT2D eigenvalue weighted by atomic mass is 19.4. The molecule has 7 heteroatoms. The number of hydrogen-bond donors (Lipinski definition) is 1.